The second kappa shape index (κ2) is 6.70. The third kappa shape index (κ3) is 3.96. The summed E-state index contributed by atoms with van der Waals surface area (Å²) < 4.78 is 0.560. The van der Waals surface area contributed by atoms with Gasteiger partial charge in [0, 0.05) is 25.1 Å². The van der Waals surface area contributed by atoms with Crippen molar-refractivity contribution in [3.63, 3.8) is 0 Å². The number of amides is 1. The molecule has 0 spiro atoms. The Hall–Kier alpha value is -1.14. The molecule has 0 aliphatic carbocycles. The van der Waals surface area contributed by atoms with Crippen LogP contribution in [-0.2, 0) is 0 Å². The highest BCUT2D eigenvalue weighted by Gasteiger charge is 2.15. The molecule has 6 heteroatoms. The first kappa shape index (κ1) is 14.9. The zero-order valence-corrected chi connectivity index (χ0v) is 12.4. The fourth-order valence-corrected chi connectivity index (χ4v) is 1.81. The highest BCUT2D eigenvalue weighted by Crippen LogP contribution is 2.24. The van der Waals surface area contributed by atoms with Crippen LogP contribution in [-0.4, -0.2) is 34.0 Å². The normalized spacial score (nSPS) is 10.1. The summed E-state index contributed by atoms with van der Waals surface area (Å²) in [5, 5.41) is 9.56. The van der Waals surface area contributed by atoms with Crippen molar-refractivity contribution in [2.45, 2.75) is 13.3 Å². The molecular weight excluding hydrogens is 316 g/mol. The summed E-state index contributed by atoms with van der Waals surface area (Å²) in [6.07, 6.45) is 0.497. The number of carbonyl (C=O) groups is 1. The summed E-state index contributed by atoms with van der Waals surface area (Å²) in [7, 11) is 0. The van der Waals surface area contributed by atoms with Crippen LogP contribution in [0.2, 0.25) is 0 Å². The third-order valence-electron chi connectivity index (χ3n) is 2.49. The van der Waals surface area contributed by atoms with Gasteiger partial charge in [-0.1, -0.05) is 12.2 Å². The summed E-state index contributed by atoms with van der Waals surface area (Å²) >= 11 is 7.97. The molecule has 0 unspecified atom stereocenters. The molecule has 0 saturated heterocycles. The quantitative estimate of drug-likeness (QED) is 0.813. The van der Waals surface area contributed by atoms with Gasteiger partial charge in [-0.3, -0.25) is 4.79 Å². The topological polar surface area (TPSA) is 66.6 Å². The van der Waals surface area contributed by atoms with Crippen LogP contribution in [0.5, 0.6) is 5.75 Å². The van der Waals surface area contributed by atoms with E-state index in [1.807, 2.05) is 6.92 Å². The Bertz CT molecular complexity index is 465. The van der Waals surface area contributed by atoms with Crippen LogP contribution in [0.25, 0.3) is 0 Å². The number of benzene rings is 1. The van der Waals surface area contributed by atoms with Crippen LogP contribution in [0.3, 0.4) is 0 Å². The Labute approximate surface area is 120 Å². The van der Waals surface area contributed by atoms with Crippen LogP contribution in [0.1, 0.15) is 23.7 Å². The molecule has 0 radical (unpaired) electrons. The summed E-state index contributed by atoms with van der Waals surface area (Å²) in [4.78, 5) is 14.2. The molecular formula is C12H15BrN2O2S. The van der Waals surface area contributed by atoms with E-state index >= 15 is 0 Å². The van der Waals surface area contributed by atoms with Gasteiger partial charge in [0.05, 0.1) is 9.46 Å². The van der Waals surface area contributed by atoms with Gasteiger partial charge in [-0.2, -0.15) is 0 Å². The molecule has 4 nitrogen and oxygen atoms in total. The number of aromatic hydroxyl groups is 1. The number of hydrogen-bond donors (Lipinski definition) is 2. The lowest BCUT2D eigenvalue weighted by Crippen LogP contribution is -2.33. The maximum atomic E-state index is 12.2. The predicted octanol–water partition coefficient (Wildman–Crippen LogP) is 2.29. The lowest BCUT2D eigenvalue weighted by Gasteiger charge is -2.20. The predicted molar refractivity (Wildman–Crippen MR) is 78.8 cm³/mol. The molecule has 1 amide bonds. The van der Waals surface area contributed by atoms with Gasteiger partial charge in [0.25, 0.3) is 5.91 Å². The maximum Gasteiger partial charge on any atom is 0.253 e. The number of nitrogens with zero attached hydrogens (tertiary/aromatic N) is 1. The van der Waals surface area contributed by atoms with E-state index in [4.69, 9.17) is 18.0 Å². The van der Waals surface area contributed by atoms with E-state index in [9.17, 15) is 9.90 Å². The van der Waals surface area contributed by atoms with E-state index in [1.54, 1.807) is 17.0 Å². The van der Waals surface area contributed by atoms with Crippen molar-refractivity contribution >= 4 is 39.0 Å². The third-order valence-corrected chi connectivity index (χ3v) is 3.36. The summed E-state index contributed by atoms with van der Waals surface area (Å²) in [5.74, 6) is -0.0946. The molecule has 0 heterocycles. The Balaban J connectivity index is 2.82. The van der Waals surface area contributed by atoms with Crippen molar-refractivity contribution in [2.24, 2.45) is 5.73 Å². The Morgan fingerprint density at radius 2 is 2.22 bits per heavy atom. The SMILES string of the molecule is CCN(CCC(N)=S)C(=O)c1ccc(Br)c(O)c1. The fourth-order valence-electron chi connectivity index (χ4n) is 1.48. The number of thiocarbonyl (C=S) groups is 1. The first-order valence-corrected chi connectivity index (χ1v) is 6.72. The molecule has 0 aliphatic heterocycles. The van der Waals surface area contributed by atoms with E-state index in [2.05, 4.69) is 15.9 Å². The second-order valence-electron chi connectivity index (χ2n) is 3.77. The van der Waals surface area contributed by atoms with Gasteiger partial charge in [-0.05, 0) is 41.1 Å². The molecule has 18 heavy (non-hydrogen) atoms. The smallest absolute Gasteiger partial charge is 0.253 e. The average Bonchev–Trinajstić information content (AvgIpc) is 2.32. The second-order valence-corrected chi connectivity index (χ2v) is 5.15. The molecule has 0 bridgehead atoms. The van der Waals surface area contributed by atoms with Gasteiger partial charge < -0.3 is 15.7 Å². The molecule has 0 atom stereocenters. The number of halogens is 1. The molecule has 0 saturated carbocycles. The number of carbonyl (C=O) groups excluding carboxylic acids is 1. The van der Waals surface area contributed by atoms with E-state index in [1.165, 1.54) is 6.07 Å². The molecule has 98 valence electrons. The minimum Gasteiger partial charge on any atom is -0.507 e. The number of nitrogens with two attached hydrogens (primary N) is 1. The van der Waals surface area contributed by atoms with E-state index in [-0.39, 0.29) is 11.7 Å². The van der Waals surface area contributed by atoms with E-state index < -0.39 is 0 Å². The summed E-state index contributed by atoms with van der Waals surface area (Å²) in [5.41, 5.74) is 5.87. The van der Waals surface area contributed by atoms with Crippen LogP contribution in [0.4, 0.5) is 0 Å². The van der Waals surface area contributed by atoms with Crippen molar-refractivity contribution in [1.82, 2.24) is 4.90 Å². The van der Waals surface area contributed by atoms with Crippen LogP contribution in [0.15, 0.2) is 22.7 Å². The van der Waals surface area contributed by atoms with Gasteiger partial charge in [0.1, 0.15) is 5.75 Å². The number of phenols is 1. The Kier molecular flexibility index (Phi) is 5.55. The number of rotatable bonds is 5. The maximum absolute atomic E-state index is 12.2. The van der Waals surface area contributed by atoms with Crippen molar-refractivity contribution in [2.75, 3.05) is 13.1 Å². The minimum absolute atomic E-state index is 0.0475. The molecule has 0 aromatic heterocycles. The Morgan fingerprint density at radius 1 is 1.56 bits per heavy atom. The minimum atomic E-state index is -0.142. The number of phenolic OH excluding ortho intramolecular Hbond substituents is 1. The van der Waals surface area contributed by atoms with Crippen molar-refractivity contribution in [1.29, 1.82) is 0 Å². The molecule has 3 N–H and O–H groups in total. The summed E-state index contributed by atoms with van der Waals surface area (Å²) in [6.45, 7) is 2.94. The zero-order chi connectivity index (χ0) is 13.7. The highest BCUT2D eigenvalue weighted by molar-refractivity contribution is 9.10. The Morgan fingerprint density at radius 3 is 2.72 bits per heavy atom. The molecule has 1 aromatic carbocycles. The lowest BCUT2D eigenvalue weighted by atomic mass is 10.2. The van der Waals surface area contributed by atoms with Crippen molar-refractivity contribution in [3.8, 4) is 5.75 Å². The average molecular weight is 331 g/mol. The summed E-state index contributed by atoms with van der Waals surface area (Å²) in [6, 6.07) is 4.75. The van der Waals surface area contributed by atoms with Crippen molar-refractivity contribution in [3.05, 3.63) is 28.2 Å². The molecule has 1 aromatic rings. The first-order chi connectivity index (χ1) is 8.45. The van der Waals surface area contributed by atoms with Gasteiger partial charge in [-0.15, -0.1) is 0 Å². The standard InChI is InChI=1S/C12H15BrN2O2S/c1-2-15(6-5-11(14)18)12(17)8-3-4-9(13)10(16)7-8/h3-4,7,16H,2,5-6H2,1H3,(H2,14,18). The first-order valence-electron chi connectivity index (χ1n) is 5.51. The molecule has 1 rings (SSSR count). The van der Waals surface area contributed by atoms with Gasteiger partial charge in [0.15, 0.2) is 0 Å². The molecule has 0 aliphatic rings. The van der Waals surface area contributed by atoms with Crippen LogP contribution in [0, 0.1) is 0 Å². The fraction of sp³-hybridized carbons (Fsp3) is 0.333. The van der Waals surface area contributed by atoms with Crippen LogP contribution < -0.4 is 5.73 Å². The monoisotopic (exact) mass is 330 g/mol. The zero-order valence-electron chi connectivity index (χ0n) is 10.0. The lowest BCUT2D eigenvalue weighted by molar-refractivity contribution is 0.0768. The van der Waals surface area contributed by atoms with Gasteiger partial charge in [0.2, 0.25) is 0 Å². The van der Waals surface area contributed by atoms with E-state index in [0.717, 1.165) is 0 Å². The van der Waals surface area contributed by atoms with E-state index in [0.29, 0.717) is 34.5 Å². The van der Waals surface area contributed by atoms with Crippen molar-refractivity contribution < 1.29 is 9.90 Å². The largest absolute Gasteiger partial charge is 0.507 e. The van der Waals surface area contributed by atoms with Gasteiger partial charge in [-0.25, -0.2) is 0 Å². The van der Waals surface area contributed by atoms with Crippen LogP contribution >= 0.6 is 28.1 Å². The molecule has 0 fully saturated rings. The van der Waals surface area contributed by atoms with Gasteiger partial charge >= 0.3 is 0 Å². The highest BCUT2D eigenvalue weighted by atomic mass is 79.9. The number of hydrogen-bond acceptors (Lipinski definition) is 3.